The Morgan fingerprint density at radius 1 is 1.50 bits per heavy atom. The molecule has 2 unspecified atom stereocenters. The van der Waals surface area contributed by atoms with E-state index >= 15 is 0 Å². The van der Waals surface area contributed by atoms with E-state index in [-0.39, 0.29) is 18.6 Å². The zero-order valence-corrected chi connectivity index (χ0v) is 11.1. The van der Waals surface area contributed by atoms with E-state index in [2.05, 4.69) is 6.58 Å². The van der Waals surface area contributed by atoms with Crippen LogP contribution in [-0.2, 0) is 19.1 Å². The van der Waals surface area contributed by atoms with E-state index in [9.17, 15) is 9.59 Å². The molecule has 18 heavy (non-hydrogen) atoms. The van der Waals surface area contributed by atoms with Crippen LogP contribution in [0.25, 0.3) is 0 Å². The second-order valence-electron chi connectivity index (χ2n) is 4.33. The number of hydrogen-bond acceptors (Lipinski definition) is 4. The summed E-state index contributed by atoms with van der Waals surface area (Å²) in [6, 6.07) is 0. The molecule has 2 atom stereocenters. The highest BCUT2D eigenvalue weighted by Gasteiger charge is 2.32. The molecule has 1 heterocycles. The summed E-state index contributed by atoms with van der Waals surface area (Å²) in [5.41, 5.74) is 0. The van der Waals surface area contributed by atoms with Crippen LogP contribution in [-0.4, -0.2) is 48.7 Å². The molecule has 1 saturated heterocycles. The Morgan fingerprint density at radius 3 is 2.72 bits per heavy atom. The van der Waals surface area contributed by atoms with Crippen LogP contribution in [0.1, 0.15) is 26.7 Å². The second-order valence-corrected chi connectivity index (χ2v) is 4.33. The fourth-order valence-electron chi connectivity index (χ4n) is 1.94. The molecule has 0 aromatic carbocycles. The fraction of sp³-hybridized carbons (Fsp3) is 0.692. The Hall–Kier alpha value is -1.36. The third-order valence-corrected chi connectivity index (χ3v) is 2.79. The van der Waals surface area contributed by atoms with Gasteiger partial charge in [-0.05, 0) is 26.7 Å². The summed E-state index contributed by atoms with van der Waals surface area (Å²) in [6.07, 6.45) is 2.84. The van der Waals surface area contributed by atoms with Crippen molar-refractivity contribution in [3.05, 3.63) is 12.7 Å². The van der Waals surface area contributed by atoms with Crippen molar-refractivity contribution in [2.45, 2.75) is 38.9 Å². The monoisotopic (exact) mass is 255 g/mol. The molecule has 0 aromatic rings. The zero-order valence-electron chi connectivity index (χ0n) is 11.1. The Labute approximate surface area is 108 Å². The third kappa shape index (κ3) is 4.14. The van der Waals surface area contributed by atoms with Crippen molar-refractivity contribution in [3.63, 3.8) is 0 Å². The smallest absolute Gasteiger partial charge is 0.325 e. The van der Waals surface area contributed by atoms with Crippen LogP contribution < -0.4 is 0 Å². The first-order valence-electron chi connectivity index (χ1n) is 6.29. The maximum absolute atomic E-state index is 12.2. The minimum atomic E-state index is -0.436. The fourth-order valence-corrected chi connectivity index (χ4v) is 1.94. The molecule has 1 rings (SSSR count). The van der Waals surface area contributed by atoms with Crippen molar-refractivity contribution in [3.8, 4) is 0 Å². The van der Waals surface area contributed by atoms with Crippen molar-refractivity contribution in [2.24, 2.45) is 0 Å². The van der Waals surface area contributed by atoms with Crippen LogP contribution in [0.15, 0.2) is 12.7 Å². The van der Waals surface area contributed by atoms with Gasteiger partial charge in [0.25, 0.3) is 5.91 Å². The number of carbonyl (C=O) groups is 2. The molecule has 0 radical (unpaired) electrons. The number of carbonyl (C=O) groups excluding carboxylic acids is 2. The normalized spacial score (nSPS) is 22.6. The van der Waals surface area contributed by atoms with Crippen LogP contribution in [0.4, 0.5) is 0 Å². The van der Waals surface area contributed by atoms with E-state index < -0.39 is 12.1 Å². The largest absolute Gasteiger partial charge is 0.465 e. The molecular formula is C13H21NO4. The standard InChI is InChI=1S/C13H21NO4/c1-4-8-14(9-12(15)17-5-2)13(16)11-7-6-10(3)18-11/h4,10-11H,1,5-9H2,2-3H3. The van der Waals surface area contributed by atoms with E-state index in [1.807, 2.05) is 6.92 Å². The summed E-state index contributed by atoms with van der Waals surface area (Å²) in [5, 5.41) is 0. The number of nitrogens with zero attached hydrogens (tertiary/aromatic N) is 1. The van der Waals surface area contributed by atoms with Crippen molar-refractivity contribution >= 4 is 11.9 Å². The topological polar surface area (TPSA) is 55.8 Å². The molecular weight excluding hydrogens is 234 g/mol. The van der Waals surface area contributed by atoms with E-state index in [1.54, 1.807) is 13.0 Å². The summed E-state index contributed by atoms with van der Waals surface area (Å²) >= 11 is 0. The van der Waals surface area contributed by atoms with Crippen LogP contribution in [0.3, 0.4) is 0 Å². The number of esters is 1. The lowest BCUT2D eigenvalue weighted by Gasteiger charge is -2.23. The highest BCUT2D eigenvalue weighted by molar-refractivity contribution is 5.85. The molecule has 102 valence electrons. The quantitative estimate of drug-likeness (QED) is 0.527. The predicted octanol–water partition coefficient (Wildman–Crippen LogP) is 1.13. The zero-order chi connectivity index (χ0) is 13.5. The minimum Gasteiger partial charge on any atom is -0.465 e. The molecule has 1 fully saturated rings. The van der Waals surface area contributed by atoms with Crippen LogP contribution >= 0.6 is 0 Å². The predicted molar refractivity (Wildman–Crippen MR) is 67.0 cm³/mol. The van der Waals surface area contributed by atoms with Crippen molar-refractivity contribution in [1.29, 1.82) is 0 Å². The first-order chi connectivity index (χ1) is 8.58. The average Bonchev–Trinajstić information content (AvgIpc) is 2.75. The van der Waals surface area contributed by atoms with Crippen LogP contribution in [0.5, 0.6) is 0 Å². The Kier molecular flexibility index (Phi) is 5.85. The summed E-state index contributed by atoms with van der Waals surface area (Å²) in [5.74, 6) is -0.564. The van der Waals surface area contributed by atoms with E-state index in [4.69, 9.17) is 9.47 Å². The Bertz CT molecular complexity index is 316. The van der Waals surface area contributed by atoms with Gasteiger partial charge < -0.3 is 14.4 Å². The summed E-state index contributed by atoms with van der Waals surface area (Å²) in [7, 11) is 0. The number of amides is 1. The lowest BCUT2D eigenvalue weighted by Crippen LogP contribution is -2.42. The molecule has 0 aliphatic carbocycles. The van der Waals surface area contributed by atoms with Gasteiger partial charge in [0.1, 0.15) is 12.6 Å². The Balaban J connectivity index is 2.57. The molecule has 5 heteroatoms. The summed E-state index contributed by atoms with van der Waals surface area (Å²) in [6.45, 7) is 7.86. The van der Waals surface area contributed by atoms with Crippen LogP contribution in [0, 0.1) is 0 Å². The van der Waals surface area contributed by atoms with Gasteiger partial charge in [-0.1, -0.05) is 6.08 Å². The Morgan fingerprint density at radius 2 is 2.22 bits per heavy atom. The van der Waals surface area contributed by atoms with Crippen molar-refractivity contribution < 1.29 is 19.1 Å². The molecule has 5 nitrogen and oxygen atoms in total. The second kappa shape index (κ2) is 7.16. The van der Waals surface area contributed by atoms with Gasteiger partial charge >= 0.3 is 5.97 Å². The average molecular weight is 255 g/mol. The molecule has 1 aliphatic heterocycles. The van der Waals surface area contributed by atoms with Gasteiger partial charge in [0.05, 0.1) is 12.7 Å². The van der Waals surface area contributed by atoms with Crippen molar-refractivity contribution in [1.82, 2.24) is 4.90 Å². The number of hydrogen-bond donors (Lipinski definition) is 0. The molecule has 0 N–H and O–H groups in total. The van der Waals surface area contributed by atoms with Gasteiger partial charge in [-0.3, -0.25) is 9.59 Å². The van der Waals surface area contributed by atoms with Crippen LogP contribution in [0.2, 0.25) is 0 Å². The third-order valence-electron chi connectivity index (χ3n) is 2.79. The first kappa shape index (κ1) is 14.7. The van der Waals surface area contributed by atoms with Gasteiger partial charge in [0.2, 0.25) is 0 Å². The van der Waals surface area contributed by atoms with Gasteiger partial charge in [-0.2, -0.15) is 0 Å². The molecule has 1 amide bonds. The van der Waals surface area contributed by atoms with Gasteiger partial charge in [0, 0.05) is 6.54 Å². The highest BCUT2D eigenvalue weighted by atomic mass is 16.5. The lowest BCUT2D eigenvalue weighted by atomic mass is 10.2. The molecule has 0 saturated carbocycles. The SMILES string of the molecule is C=CCN(CC(=O)OCC)C(=O)C1CCC(C)O1. The lowest BCUT2D eigenvalue weighted by molar-refractivity contribution is -0.152. The summed E-state index contributed by atoms with van der Waals surface area (Å²) < 4.78 is 10.4. The van der Waals surface area contributed by atoms with E-state index in [1.165, 1.54) is 4.90 Å². The maximum atomic E-state index is 12.2. The maximum Gasteiger partial charge on any atom is 0.325 e. The van der Waals surface area contributed by atoms with Crippen molar-refractivity contribution in [2.75, 3.05) is 19.7 Å². The molecule has 0 spiro atoms. The van der Waals surface area contributed by atoms with E-state index in [0.717, 1.165) is 6.42 Å². The molecule has 1 aliphatic rings. The molecule has 0 bridgehead atoms. The molecule has 0 aromatic heterocycles. The van der Waals surface area contributed by atoms with Gasteiger partial charge in [-0.15, -0.1) is 6.58 Å². The number of ether oxygens (including phenoxy) is 2. The highest BCUT2D eigenvalue weighted by Crippen LogP contribution is 2.20. The van der Waals surface area contributed by atoms with Gasteiger partial charge in [-0.25, -0.2) is 0 Å². The minimum absolute atomic E-state index is 0.0487. The van der Waals surface area contributed by atoms with E-state index in [0.29, 0.717) is 19.6 Å². The van der Waals surface area contributed by atoms with Gasteiger partial charge in [0.15, 0.2) is 0 Å². The summed E-state index contributed by atoms with van der Waals surface area (Å²) in [4.78, 5) is 25.0. The first-order valence-corrected chi connectivity index (χ1v) is 6.29. The number of rotatable bonds is 6.